The molecule has 90 valence electrons. The van der Waals surface area contributed by atoms with E-state index in [1.165, 1.54) is 11.3 Å². The number of halogens is 2. The largest absolute Gasteiger partial charge is 0.480 e. The Balaban J connectivity index is 2.81. The average Bonchev–Trinajstić information content (AvgIpc) is 2.46. The van der Waals surface area contributed by atoms with Gasteiger partial charge in [0.1, 0.15) is 6.04 Å². The normalized spacial score (nSPS) is 13.1. The molecule has 0 saturated carbocycles. The first kappa shape index (κ1) is 14.2. The van der Waals surface area contributed by atoms with E-state index in [1.54, 1.807) is 0 Å². The number of hydrogen-bond donors (Lipinski definition) is 2. The molecule has 1 rings (SSSR count). The van der Waals surface area contributed by atoms with E-state index in [1.807, 2.05) is 19.9 Å². The molecule has 0 aliphatic heterocycles. The van der Waals surface area contributed by atoms with Crippen molar-refractivity contribution in [2.45, 2.75) is 19.9 Å². The van der Waals surface area contributed by atoms with Crippen molar-refractivity contribution in [1.29, 1.82) is 0 Å². The number of aliphatic carboxylic acids is 1. The standard InChI is InChI=1S/C10H13Br2NO2S/c1-5(2)4-13-8(10(14)15)7-3-6(11)9(12)16-7/h3,5,8,13H,4H2,1-2H3,(H,14,15). The minimum Gasteiger partial charge on any atom is -0.480 e. The molecule has 0 aliphatic carbocycles. The predicted octanol–water partition coefficient (Wildman–Crippen LogP) is 3.64. The molecule has 1 atom stereocenters. The van der Waals surface area contributed by atoms with Crippen molar-refractivity contribution in [2.75, 3.05) is 6.54 Å². The molecule has 0 bridgehead atoms. The fourth-order valence-corrected chi connectivity index (χ4v) is 3.33. The fraction of sp³-hybridized carbons (Fsp3) is 0.500. The number of nitrogens with one attached hydrogen (secondary N) is 1. The fourth-order valence-electron chi connectivity index (χ4n) is 1.17. The first-order valence-corrected chi connectivity index (χ1v) is 7.23. The van der Waals surface area contributed by atoms with Crippen LogP contribution in [0.1, 0.15) is 24.8 Å². The van der Waals surface area contributed by atoms with Crippen LogP contribution in [-0.2, 0) is 4.79 Å². The molecule has 0 spiro atoms. The minimum absolute atomic E-state index is 0.425. The zero-order valence-electron chi connectivity index (χ0n) is 8.96. The van der Waals surface area contributed by atoms with E-state index >= 15 is 0 Å². The van der Waals surface area contributed by atoms with Crippen molar-refractivity contribution < 1.29 is 9.90 Å². The summed E-state index contributed by atoms with van der Waals surface area (Å²) in [5, 5.41) is 12.2. The van der Waals surface area contributed by atoms with Gasteiger partial charge in [0, 0.05) is 9.35 Å². The summed E-state index contributed by atoms with van der Waals surface area (Å²) in [5.74, 6) is -0.421. The van der Waals surface area contributed by atoms with Gasteiger partial charge in [0.2, 0.25) is 0 Å². The molecule has 0 aliphatic rings. The molecule has 1 heterocycles. The van der Waals surface area contributed by atoms with Gasteiger partial charge < -0.3 is 5.11 Å². The van der Waals surface area contributed by atoms with Crippen molar-refractivity contribution in [3.05, 3.63) is 19.2 Å². The van der Waals surface area contributed by atoms with Crippen LogP contribution in [0.25, 0.3) is 0 Å². The number of thiophene rings is 1. The van der Waals surface area contributed by atoms with Gasteiger partial charge in [-0.05, 0) is 50.4 Å². The van der Waals surface area contributed by atoms with Crippen LogP contribution in [0.15, 0.2) is 14.3 Å². The van der Waals surface area contributed by atoms with Gasteiger partial charge in [-0.25, -0.2) is 0 Å². The lowest BCUT2D eigenvalue weighted by Crippen LogP contribution is -2.30. The second-order valence-electron chi connectivity index (χ2n) is 3.84. The van der Waals surface area contributed by atoms with Crippen molar-refractivity contribution in [1.82, 2.24) is 5.32 Å². The van der Waals surface area contributed by atoms with E-state index in [0.29, 0.717) is 12.5 Å². The highest BCUT2D eigenvalue weighted by Gasteiger charge is 2.22. The second-order valence-corrected chi connectivity index (χ2v) is 7.10. The summed E-state index contributed by atoms with van der Waals surface area (Å²) in [6.45, 7) is 4.78. The van der Waals surface area contributed by atoms with Gasteiger partial charge >= 0.3 is 5.97 Å². The van der Waals surface area contributed by atoms with Gasteiger partial charge in [0.25, 0.3) is 0 Å². The molecular weight excluding hydrogens is 358 g/mol. The first-order valence-electron chi connectivity index (χ1n) is 4.82. The number of carbonyl (C=O) groups is 1. The molecule has 1 aromatic rings. The predicted molar refractivity (Wildman–Crippen MR) is 72.9 cm³/mol. The lowest BCUT2D eigenvalue weighted by molar-refractivity contribution is -0.139. The second kappa shape index (κ2) is 6.14. The van der Waals surface area contributed by atoms with Crippen molar-refractivity contribution in [3.8, 4) is 0 Å². The Bertz CT molecular complexity index is 359. The van der Waals surface area contributed by atoms with Crippen LogP contribution in [-0.4, -0.2) is 17.6 Å². The van der Waals surface area contributed by atoms with E-state index in [9.17, 15) is 4.79 Å². The van der Waals surface area contributed by atoms with Crippen LogP contribution < -0.4 is 5.32 Å². The van der Waals surface area contributed by atoms with Crippen LogP contribution in [0.2, 0.25) is 0 Å². The summed E-state index contributed by atoms with van der Waals surface area (Å²) < 4.78 is 1.81. The Morgan fingerprint density at radius 2 is 2.19 bits per heavy atom. The number of carboxylic acid groups (broad SMARTS) is 1. The molecule has 0 fully saturated rings. The van der Waals surface area contributed by atoms with Gasteiger partial charge in [0.05, 0.1) is 3.79 Å². The molecule has 1 unspecified atom stereocenters. The summed E-state index contributed by atoms with van der Waals surface area (Å²) in [4.78, 5) is 11.9. The summed E-state index contributed by atoms with van der Waals surface area (Å²) in [5.41, 5.74) is 0. The number of hydrogen-bond acceptors (Lipinski definition) is 3. The summed E-state index contributed by atoms with van der Waals surface area (Å²) in [6, 6.07) is 1.20. The molecule has 6 heteroatoms. The summed E-state index contributed by atoms with van der Waals surface area (Å²) >= 11 is 8.15. The lowest BCUT2D eigenvalue weighted by Gasteiger charge is -2.14. The molecular formula is C10H13Br2NO2S. The van der Waals surface area contributed by atoms with Crippen LogP contribution in [0.4, 0.5) is 0 Å². The molecule has 16 heavy (non-hydrogen) atoms. The SMILES string of the molecule is CC(C)CNC(C(=O)O)c1cc(Br)c(Br)s1. The van der Waals surface area contributed by atoms with E-state index in [0.717, 1.165) is 13.1 Å². The number of rotatable bonds is 5. The van der Waals surface area contributed by atoms with Gasteiger partial charge in [-0.1, -0.05) is 13.8 Å². The first-order chi connectivity index (χ1) is 7.41. The Hall–Kier alpha value is 0.0900. The highest BCUT2D eigenvalue weighted by atomic mass is 79.9. The maximum atomic E-state index is 11.1. The molecule has 2 N–H and O–H groups in total. The maximum absolute atomic E-state index is 11.1. The van der Waals surface area contributed by atoms with Gasteiger partial charge in [-0.3, -0.25) is 10.1 Å². The van der Waals surface area contributed by atoms with Crippen LogP contribution in [0.3, 0.4) is 0 Å². The maximum Gasteiger partial charge on any atom is 0.326 e. The third-order valence-electron chi connectivity index (χ3n) is 1.93. The molecule has 1 aromatic heterocycles. The minimum atomic E-state index is -0.845. The zero-order valence-corrected chi connectivity index (χ0v) is 12.9. The smallest absolute Gasteiger partial charge is 0.326 e. The van der Waals surface area contributed by atoms with Crippen molar-refractivity contribution in [3.63, 3.8) is 0 Å². The molecule has 3 nitrogen and oxygen atoms in total. The van der Waals surface area contributed by atoms with Crippen LogP contribution in [0.5, 0.6) is 0 Å². The van der Waals surface area contributed by atoms with Crippen molar-refractivity contribution >= 4 is 49.2 Å². The molecule has 0 saturated heterocycles. The van der Waals surface area contributed by atoms with E-state index in [2.05, 4.69) is 37.2 Å². The zero-order chi connectivity index (χ0) is 12.3. The third kappa shape index (κ3) is 3.84. The topological polar surface area (TPSA) is 49.3 Å². The molecule has 0 radical (unpaired) electrons. The Morgan fingerprint density at radius 1 is 1.56 bits per heavy atom. The summed E-state index contributed by atoms with van der Waals surface area (Å²) in [6.07, 6.45) is 0. The van der Waals surface area contributed by atoms with Gasteiger partial charge in [-0.15, -0.1) is 11.3 Å². The third-order valence-corrected chi connectivity index (χ3v) is 5.25. The lowest BCUT2D eigenvalue weighted by atomic mass is 10.2. The van der Waals surface area contributed by atoms with E-state index < -0.39 is 12.0 Å². The molecule has 0 amide bonds. The van der Waals surface area contributed by atoms with E-state index in [-0.39, 0.29) is 0 Å². The Morgan fingerprint density at radius 3 is 2.56 bits per heavy atom. The highest BCUT2D eigenvalue weighted by molar-refractivity contribution is 9.13. The van der Waals surface area contributed by atoms with Gasteiger partial charge in [-0.2, -0.15) is 0 Å². The monoisotopic (exact) mass is 369 g/mol. The highest BCUT2D eigenvalue weighted by Crippen LogP contribution is 2.35. The Kier molecular flexibility index (Phi) is 5.43. The quantitative estimate of drug-likeness (QED) is 0.831. The molecule has 0 aromatic carbocycles. The summed E-state index contributed by atoms with van der Waals surface area (Å²) in [7, 11) is 0. The van der Waals surface area contributed by atoms with Crippen LogP contribution in [0, 0.1) is 5.92 Å². The van der Waals surface area contributed by atoms with Crippen molar-refractivity contribution in [2.24, 2.45) is 5.92 Å². The average molecular weight is 371 g/mol. The number of carboxylic acids is 1. The Labute approximate surface area is 116 Å². The van der Waals surface area contributed by atoms with Gasteiger partial charge in [0.15, 0.2) is 0 Å². The van der Waals surface area contributed by atoms with E-state index in [4.69, 9.17) is 5.11 Å². The van der Waals surface area contributed by atoms with Crippen LogP contribution >= 0.6 is 43.2 Å².